The van der Waals surface area contributed by atoms with Gasteiger partial charge in [0.05, 0.1) is 11.3 Å². The van der Waals surface area contributed by atoms with Gasteiger partial charge >= 0.3 is 0 Å². The highest BCUT2D eigenvalue weighted by atomic mass is 16.2. The molecule has 2 amide bonds. The van der Waals surface area contributed by atoms with E-state index in [0.29, 0.717) is 35.2 Å². The summed E-state index contributed by atoms with van der Waals surface area (Å²) in [5.41, 5.74) is 6.27. The molecule has 0 unspecified atom stereocenters. The van der Waals surface area contributed by atoms with Gasteiger partial charge in [0.15, 0.2) is 0 Å². The fraction of sp³-hybridized carbons (Fsp3) is 0.421. The number of nitrogens with zero attached hydrogens (tertiary/aromatic N) is 4. The molecule has 2 aromatic carbocycles. The Kier molecular flexibility index (Phi) is 9.52. The Morgan fingerprint density at radius 2 is 1.72 bits per heavy atom. The molecule has 1 aliphatic heterocycles. The van der Waals surface area contributed by atoms with Crippen LogP contribution >= 0.6 is 0 Å². The van der Waals surface area contributed by atoms with E-state index >= 15 is 0 Å². The lowest BCUT2D eigenvalue weighted by Gasteiger charge is -2.40. The minimum Gasteiger partial charge on any atom is -0.368 e. The van der Waals surface area contributed by atoms with E-state index in [4.69, 9.17) is 0 Å². The summed E-state index contributed by atoms with van der Waals surface area (Å²) in [6.07, 6.45) is 10.7. The van der Waals surface area contributed by atoms with Crippen molar-refractivity contribution >= 4 is 23.3 Å². The van der Waals surface area contributed by atoms with Gasteiger partial charge in [-0.1, -0.05) is 56.0 Å². The van der Waals surface area contributed by atoms with Gasteiger partial charge in [0.25, 0.3) is 11.8 Å². The number of pyridine rings is 1. The lowest BCUT2D eigenvalue weighted by atomic mass is 9.75. The van der Waals surface area contributed by atoms with Crippen LogP contribution in [0.5, 0.6) is 0 Å². The van der Waals surface area contributed by atoms with E-state index in [2.05, 4.69) is 45.0 Å². The first-order valence-corrected chi connectivity index (χ1v) is 16.8. The number of rotatable bonds is 9. The fourth-order valence-corrected chi connectivity index (χ4v) is 7.30. The van der Waals surface area contributed by atoms with E-state index in [1.54, 1.807) is 12.3 Å². The summed E-state index contributed by atoms with van der Waals surface area (Å²) in [6, 6.07) is 20.5. The van der Waals surface area contributed by atoms with Gasteiger partial charge in [-0.05, 0) is 98.4 Å². The van der Waals surface area contributed by atoms with Crippen LogP contribution in [-0.4, -0.2) is 50.6 Å². The van der Waals surface area contributed by atoms with Crippen molar-refractivity contribution in [2.24, 2.45) is 18.9 Å². The van der Waals surface area contributed by atoms with Crippen molar-refractivity contribution in [1.29, 1.82) is 0 Å². The molecule has 1 saturated heterocycles. The maximum Gasteiger partial charge on any atom is 0.257 e. The summed E-state index contributed by atoms with van der Waals surface area (Å²) >= 11 is 0. The van der Waals surface area contributed by atoms with E-state index in [-0.39, 0.29) is 17.9 Å². The molecular weight excluding hydrogens is 572 g/mol. The monoisotopic (exact) mass is 618 g/mol. The zero-order valence-corrected chi connectivity index (χ0v) is 27.5. The molecule has 240 valence electrons. The van der Waals surface area contributed by atoms with Crippen molar-refractivity contribution in [2.45, 2.75) is 71.3 Å². The van der Waals surface area contributed by atoms with Gasteiger partial charge in [-0.25, -0.2) is 4.98 Å². The van der Waals surface area contributed by atoms with Crippen LogP contribution in [0.4, 0.5) is 11.5 Å². The Bertz CT molecular complexity index is 1650. The number of piperidine rings is 1. The normalized spacial score (nSPS) is 18.6. The molecule has 8 nitrogen and oxygen atoms in total. The van der Waals surface area contributed by atoms with E-state index in [9.17, 15) is 9.59 Å². The quantitative estimate of drug-likeness (QED) is 0.201. The summed E-state index contributed by atoms with van der Waals surface area (Å²) < 4.78 is 1.91. The minimum atomic E-state index is -0.247. The zero-order chi connectivity index (χ0) is 32.2. The SMILES string of the molecule is Cc1ccc(C(=O)N2CC[C@H](c3ccc(-c4ccnn4C)cc3)[C@H](CC3CCCC3)C2)cc1NC(=O)c1ccc(NC(C)C)nc1. The number of aromatic nitrogens is 3. The number of likely N-dealkylation sites (tertiary alicyclic amines) is 1. The number of aryl methyl sites for hydroxylation is 2. The van der Waals surface area contributed by atoms with Crippen molar-refractivity contribution in [1.82, 2.24) is 19.7 Å². The number of nitrogens with one attached hydrogen (secondary N) is 2. The predicted molar refractivity (Wildman–Crippen MR) is 184 cm³/mol. The number of carbonyl (C=O) groups excluding carboxylic acids is 2. The lowest BCUT2D eigenvalue weighted by molar-refractivity contribution is 0.0625. The molecule has 6 rings (SSSR count). The Hall–Kier alpha value is -4.46. The number of hydrogen-bond acceptors (Lipinski definition) is 5. The van der Waals surface area contributed by atoms with Crippen LogP contribution in [0.2, 0.25) is 0 Å². The Balaban J connectivity index is 1.16. The van der Waals surface area contributed by atoms with Gasteiger partial charge in [0, 0.05) is 49.8 Å². The molecule has 2 N–H and O–H groups in total. The molecule has 1 aliphatic carbocycles. The number of carbonyl (C=O) groups is 2. The molecule has 2 aliphatic rings. The van der Waals surface area contributed by atoms with Gasteiger partial charge in [-0.2, -0.15) is 5.10 Å². The van der Waals surface area contributed by atoms with Crippen LogP contribution in [-0.2, 0) is 7.05 Å². The standard InChI is InChI=1S/C38H46N6O2/c1-25(2)41-36-16-15-31(23-39-36)37(45)42-34-22-30(10-9-26(34)3)38(46)44-20-18-33(32(24-44)21-27-7-5-6-8-27)28-11-13-29(14-12-28)35-17-19-40-43(35)4/h9-17,19,22-23,25,27,32-33H,5-8,18,20-21,24H2,1-4H3,(H,39,41)(H,42,45)/t32-,33-/m1/s1. The number of benzene rings is 2. The predicted octanol–water partition coefficient (Wildman–Crippen LogP) is 7.69. The molecule has 2 fully saturated rings. The van der Waals surface area contributed by atoms with Gasteiger partial charge < -0.3 is 15.5 Å². The Labute approximate surface area is 272 Å². The summed E-state index contributed by atoms with van der Waals surface area (Å²) in [5.74, 6) is 2.09. The number of anilines is 2. The van der Waals surface area contributed by atoms with Crippen molar-refractivity contribution in [2.75, 3.05) is 23.7 Å². The molecule has 0 spiro atoms. The van der Waals surface area contributed by atoms with Crippen LogP contribution in [0, 0.1) is 18.8 Å². The second kappa shape index (κ2) is 13.9. The second-order valence-corrected chi connectivity index (χ2v) is 13.5. The van der Waals surface area contributed by atoms with Gasteiger partial charge in [0.1, 0.15) is 5.82 Å². The summed E-state index contributed by atoms with van der Waals surface area (Å²) in [5, 5.41) is 10.6. The maximum absolute atomic E-state index is 14.0. The molecule has 0 bridgehead atoms. The van der Waals surface area contributed by atoms with E-state index < -0.39 is 0 Å². The van der Waals surface area contributed by atoms with Gasteiger partial charge in [-0.15, -0.1) is 0 Å². The molecule has 0 radical (unpaired) electrons. The molecule has 46 heavy (non-hydrogen) atoms. The smallest absolute Gasteiger partial charge is 0.257 e. The highest BCUT2D eigenvalue weighted by molar-refractivity contribution is 6.05. The van der Waals surface area contributed by atoms with E-state index in [0.717, 1.165) is 42.4 Å². The summed E-state index contributed by atoms with van der Waals surface area (Å²) in [7, 11) is 1.97. The average molecular weight is 619 g/mol. The molecule has 3 heterocycles. The van der Waals surface area contributed by atoms with Crippen LogP contribution < -0.4 is 10.6 Å². The third kappa shape index (κ3) is 7.16. The van der Waals surface area contributed by atoms with Gasteiger partial charge in [0.2, 0.25) is 0 Å². The van der Waals surface area contributed by atoms with Crippen LogP contribution in [0.15, 0.2) is 73.1 Å². The number of amides is 2. The van der Waals surface area contributed by atoms with Crippen LogP contribution in [0.3, 0.4) is 0 Å². The van der Waals surface area contributed by atoms with Crippen molar-refractivity contribution in [3.63, 3.8) is 0 Å². The topological polar surface area (TPSA) is 92.2 Å². The van der Waals surface area contributed by atoms with Crippen LogP contribution in [0.25, 0.3) is 11.3 Å². The molecule has 2 aromatic heterocycles. The summed E-state index contributed by atoms with van der Waals surface area (Å²) in [6.45, 7) is 7.49. The maximum atomic E-state index is 14.0. The molecule has 4 aromatic rings. The Morgan fingerprint density at radius 1 is 0.957 bits per heavy atom. The molecule has 2 atom stereocenters. The average Bonchev–Trinajstić information content (AvgIpc) is 3.73. The summed E-state index contributed by atoms with van der Waals surface area (Å²) in [4.78, 5) is 33.5. The second-order valence-electron chi connectivity index (χ2n) is 13.5. The Morgan fingerprint density at radius 3 is 2.39 bits per heavy atom. The highest BCUT2D eigenvalue weighted by Gasteiger charge is 2.35. The first-order valence-electron chi connectivity index (χ1n) is 16.8. The zero-order valence-electron chi connectivity index (χ0n) is 27.5. The lowest BCUT2D eigenvalue weighted by Crippen LogP contribution is -2.43. The fourth-order valence-electron chi connectivity index (χ4n) is 7.30. The largest absolute Gasteiger partial charge is 0.368 e. The first-order chi connectivity index (χ1) is 22.2. The van der Waals surface area contributed by atoms with Crippen molar-refractivity contribution < 1.29 is 9.59 Å². The third-order valence-electron chi connectivity index (χ3n) is 9.78. The molecule has 1 saturated carbocycles. The highest BCUT2D eigenvalue weighted by Crippen LogP contribution is 2.41. The van der Waals surface area contributed by atoms with E-state index in [1.807, 2.05) is 73.9 Å². The molecule has 8 heteroatoms. The van der Waals surface area contributed by atoms with Crippen molar-refractivity contribution in [3.05, 3.63) is 95.3 Å². The third-order valence-corrected chi connectivity index (χ3v) is 9.78. The van der Waals surface area contributed by atoms with Crippen LogP contribution in [0.1, 0.15) is 90.1 Å². The minimum absolute atomic E-state index is 0.0303. The number of hydrogen-bond donors (Lipinski definition) is 2. The van der Waals surface area contributed by atoms with Gasteiger partial charge in [-0.3, -0.25) is 14.3 Å². The van der Waals surface area contributed by atoms with E-state index in [1.165, 1.54) is 36.8 Å². The van der Waals surface area contributed by atoms with Crippen molar-refractivity contribution in [3.8, 4) is 11.3 Å². The molecular formula is C38H46N6O2. The first kappa shape index (κ1) is 31.5.